The maximum Gasteiger partial charge on any atom is 0.337 e. The zero-order chi connectivity index (χ0) is 13.1. The summed E-state index contributed by atoms with van der Waals surface area (Å²) in [4.78, 5) is 22.9. The second-order valence-electron chi connectivity index (χ2n) is 4.59. The summed E-state index contributed by atoms with van der Waals surface area (Å²) in [6.45, 7) is 0. The first-order valence-corrected chi connectivity index (χ1v) is 7.40. The minimum Gasteiger partial charge on any atom is -0.478 e. The van der Waals surface area contributed by atoms with Gasteiger partial charge in [0, 0.05) is 23.6 Å². The van der Waals surface area contributed by atoms with Crippen molar-refractivity contribution in [1.82, 2.24) is 4.57 Å². The fourth-order valence-corrected chi connectivity index (χ4v) is 3.54. The number of nitrogens with zero attached hydrogens (tertiary/aromatic N) is 1. The summed E-state index contributed by atoms with van der Waals surface area (Å²) < 4.78 is 1.61. The van der Waals surface area contributed by atoms with Crippen LogP contribution in [0.25, 0.3) is 0 Å². The first-order valence-electron chi connectivity index (χ1n) is 6.11. The number of aromatic nitrogens is 1. The minimum absolute atomic E-state index is 0.106. The summed E-state index contributed by atoms with van der Waals surface area (Å²) in [6.07, 6.45) is 7.88. The van der Waals surface area contributed by atoms with E-state index in [4.69, 9.17) is 5.11 Å². The third kappa shape index (κ3) is 2.61. The SMILES string of the molecule is CSC1CCCCC1n1cc(C(=O)O)ccc1=O. The maximum atomic E-state index is 11.9. The number of hydrogen-bond donors (Lipinski definition) is 1. The molecule has 1 N–H and O–H groups in total. The highest BCUT2D eigenvalue weighted by molar-refractivity contribution is 7.99. The highest BCUT2D eigenvalue weighted by atomic mass is 32.2. The Balaban J connectivity index is 2.38. The molecule has 1 aliphatic rings. The van der Waals surface area contributed by atoms with Crippen LogP contribution in [0.4, 0.5) is 0 Å². The van der Waals surface area contributed by atoms with Gasteiger partial charge < -0.3 is 9.67 Å². The molecule has 1 heterocycles. The molecule has 1 aromatic rings. The zero-order valence-corrected chi connectivity index (χ0v) is 11.2. The van der Waals surface area contributed by atoms with Gasteiger partial charge in [-0.3, -0.25) is 4.79 Å². The lowest BCUT2D eigenvalue weighted by molar-refractivity contribution is 0.0695. The minimum atomic E-state index is -0.986. The number of carboxylic acids is 1. The van der Waals surface area contributed by atoms with E-state index in [2.05, 4.69) is 6.26 Å². The van der Waals surface area contributed by atoms with Gasteiger partial charge in [0.2, 0.25) is 0 Å². The molecule has 18 heavy (non-hydrogen) atoms. The Morgan fingerprint density at radius 2 is 2.11 bits per heavy atom. The Morgan fingerprint density at radius 3 is 2.78 bits per heavy atom. The summed E-state index contributed by atoms with van der Waals surface area (Å²) in [7, 11) is 0. The van der Waals surface area contributed by atoms with Crippen molar-refractivity contribution < 1.29 is 9.90 Å². The largest absolute Gasteiger partial charge is 0.478 e. The first-order chi connectivity index (χ1) is 8.63. The van der Waals surface area contributed by atoms with Crippen LogP contribution in [0.3, 0.4) is 0 Å². The van der Waals surface area contributed by atoms with Crippen molar-refractivity contribution in [2.75, 3.05) is 6.26 Å². The van der Waals surface area contributed by atoms with E-state index >= 15 is 0 Å². The summed E-state index contributed by atoms with van der Waals surface area (Å²) in [6, 6.07) is 2.86. The molecule has 0 bridgehead atoms. The average molecular weight is 267 g/mol. The summed E-state index contributed by atoms with van der Waals surface area (Å²) in [5.74, 6) is -0.986. The van der Waals surface area contributed by atoms with Crippen LogP contribution in [-0.2, 0) is 0 Å². The Hall–Kier alpha value is -1.23. The van der Waals surface area contributed by atoms with Crippen molar-refractivity contribution in [3.05, 3.63) is 34.2 Å². The molecule has 2 unspecified atom stereocenters. The molecule has 0 saturated heterocycles. The van der Waals surface area contributed by atoms with E-state index in [1.165, 1.54) is 24.8 Å². The molecule has 1 saturated carbocycles. The number of hydrogen-bond acceptors (Lipinski definition) is 3. The van der Waals surface area contributed by atoms with Crippen molar-refractivity contribution >= 4 is 17.7 Å². The van der Waals surface area contributed by atoms with Crippen LogP contribution >= 0.6 is 11.8 Å². The van der Waals surface area contributed by atoms with Crippen LogP contribution in [-0.4, -0.2) is 27.1 Å². The van der Waals surface area contributed by atoms with Gasteiger partial charge in [-0.15, -0.1) is 0 Å². The molecule has 0 aliphatic heterocycles. The number of rotatable bonds is 3. The van der Waals surface area contributed by atoms with Gasteiger partial charge >= 0.3 is 5.97 Å². The van der Waals surface area contributed by atoms with Crippen LogP contribution in [0.5, 0.6) is 0 Å². The van der Waals surface area contributed by atoms with E-state index in [9.17, 15) is 9.59 Å². The number of thioether (sulfide) groups is 1. The lowest BCUT2D eigenvalue weighted by atomic mass is 9.94. The highest BCUT2D eigenvalue weighted by Crippen LogP contribution is 2.34. The van der Waals surface area contributed by atoms with E-state index in [-0.39, 0.29) is 17.2 Å². The smallest absolute Gasteiger partial charge is 0.337 e. The molecule has 1 aromatic heterocycles. The van der Waals surface area contributed by atoms with Crippen molar-refractivity contribution in [2.45, 2.75) is 37.0 Å². The monoisotopic (exact) mass is 267 g/mol. The second kappa shape index (κ2) is 5.61. The van der Waals surface area contributed by atoms with Gasteiger partial charge in [0.05, 0.1) is 5.56 Å². The molecule has 1 aliphatic carbocycles. The van der Waals surface area contributed by atoms with Crippen LogP contribution in [0.1, 0.15) is 42.1 Å². The fourth-order valence-electron chi connectivity index (χ4n) is 2.56. The third-order valence-electron chi connectivity index (χ3n) is 3.51. The summed E-state index contributed by atoms with van der Waals surface area (Å²) in [5.41, 5.74) is 0.0750. The topological polar surface area (TPSA) is 59.3 Å². The van der Waals surface area contributed by atoms with E-state index in [1.54, 1.807) is 16.3 Å². The molecule has 4 nitrogen and oxygen atoms in total. The van der Waals surface area contributed by atoms with Gasteiger partial charge in [-0.05, 0) is 25.2 Å². The fraction of sp³-hybridized carbons (Fsp3) is 0.538. The van der Waals surface area contributed by atoms with Crippen LogP contribution < -0.4 is 5.56 Å². The van der Waals surface area contributed by atoms with Gasteiger partial charge in [-0.2, -0.15) is 11.8 Å². The van der Waals surface area contributed by atoms with Crippen molar-refractivity contribution in [2.24, 2.45) is 0 Å². The zero-order valence-electron chi connectivity index (χ0n) is 10.3. The molecule has 0 aromatic carbocycles. The molecule has 0 amide bonds. The predicted octanol–water partition coefficient (Wildman–Crippen LogP) is 2.39. The lowest BCUT2D eigenvalue weighted by Crippen LogP contribution is -2.33. The normalized spacial score (nSPS) is 23.8. The van der Waals surface area contributed by atoms with Crippen LogP contribution in [0.15, 0.2) is 23.1 Å². The van der Waals surface area contributed by atoms with Crippen LogP contribution in [0.2, 0.25) is 0 Å². The molecule has 0 radical (unpaired) electrons. The molecule has 5 heteroatoms. The molecular weight excluding hydrogens is 250 g/mol. The Morgan fingerprint density at radius 1 is 1.39 bits per heavy atom. The van der Waals surface area contributed by atoms with Gasteiger partial charge in [0.25, 0.3) is 5.56 Å². The maximum absolute atomic E-state index is 11.9. The lowest BCUT2D eigenvalue weighted by Gasteiger charge is -2.31. The van der Waals surface area contributed by atoms with Crippen LogP contribution in [0, 0.1) is 0 Å². The summed E-state index contributed by atoms with van der Waals surface area (Å²) >= 11 is 1.76. The van der Waals surface area contributed by atoms with E-state index in [0.717, 1.165) is 19.3 Å². The van der Waals surface area contributed by atoms with Gasteiger partial charge in [0.1, 0.15) is 0 Å². The number of carbonyl (C=O) groups is 1. The number of carboxylic acid groups (broad SMARTS) is 1. The molecule has 2 atom stereocenters. The first kappa shape index (κ1) is 13.2. The predicted molar refractivity (Wildman–Crippen MR) is 72.5 cm³/mol. The molecule has 1 fully saturated rings. The molecule has 0 spiro atoms. The van der Waals surface area contributed by atoms with Gasteiger partial charge in [-0.25, -0.2) is 4.79 Å². The third-order valence-corrected chi connectivity index (χ3v) is 4.67. The van der Waals surface area contributed by atoms with Crippen molar-refractivity contribution in [3.63, 3.8) is 0 Å². The number of aromatic carboxylic acids is 1. The summed E-state index contributed by atoms with van der Waals surface area (Å²) in [5, 5.41) is 9.40. The van der Waals surface area contributed by atoms with E-state index in [1.807, 2.05) is 0 Å². The molecule has 2 rings (SSSR count). The molecule has 98 valence electrons. The van der Waals surface area contributed by atoms with E-state index < -0.39 is 5.97 Å². The Kier molecular flexibility index (Phi) is 4.11. The van der Waals surface area contributed by atoms with Gasteiger partial charge in [-0.1, -0.05) is 12.8 Å². The van der Waals surface area contributed by atoms with Crippen molar-refractivity contribution in [3.8, 4) is 0 Å². The van der Waals surface area contributed by atoms with Gasteiger partial charge in [0.15, 0.2) is 0 Å². The van der Waals surface area contributed by atoms with E-state index in [0.29, 0.717) is 5.25 Å². The number of pyridine rings is 1. The average Bonchev–Trinajstić information content (AvgIpc) is 2.39. The van der Waals surface area contributed by atoms with Crippen molar-refractivity contribution in [1.29, 1.82) is 0 Å². The highest BCUT2D eigenvalue weighted by Gasteiger charge is 2.26. The second-order valence-corrected chi connectivity index (χ2v) is 5.67. The Labute approximate surface area is 110 Å². The molecular formula is C13H17NO3S. The quantitative estimate of drug-likeness (QED) is 0.913. The Bertz CT molecular complexity index is 497. The standard InChI is InChI=1S/C13H17NO3S/c1-18-11-5-3-2-4-10(11)14-8-9(13(16)17)6-7-12(14)15/h6-8,10-11H,2-5H2,1H3,(H,16,17).